The number of amides is 2. The molecule has 1 rings (SSSR count). The van der Waals surface area contributed by atoms with Crippen LogP contribution < -0.4 is 11.1 Å². The van der Waals surface area contributed by atoms with E-state index in [1.54, 1.807) is 20.8 Å². The molecule has 0 aromatic heterocycles. The Morgan fingerprint density at radius 1 is 1.25 bits per heavy atom. The summed E-state index contributed by atoms with van der Waals surface area (Å²) in [6.07, 6.45) is -0.303. The van der Waals surface area contributed by atoms with Gasteiger partial charge in [0.1, 0.15) is 11.6 Å². The van der Waals surface area contributed by atoms with E-state index in [9.17, 15) is 9.59 Å². The highest BCUT2D eigenvalue weighted by molar-refractivity contribution is 7.59. The van der Waals surface area contributed by atoms with Crippen LogP contribution in [0.1, 0.15) is 26.3 Å². The summed E-state index contributed by atoms with van der Waals surface area (Å²) in [5, 5.41) is 2.49. The summed E-state index contributed by atoms with van der Waals surface area (Å²) in [4.78, 5) is 23.0. The number of carbonyl (C=O) groups excluding carboxylic acids is 2. The third-order valence-corrected chi connectivity index (χ3v) is 2.32. The number of nitrogens with two attached hydrogens (primary N) is 1. The van der Waals surface area contributed by atoms with Crippen LogP contribution in [0.3, 0.4) is 0 Å². The van der Waals surface area contributed by atoms with Gasteiger partial charge in [-0.1, -0.05) is 30.3 Å². The van der Waals surface area contributed by atoms with Crippen molar-refractivity contribution in [3.8, 4) is 0 Å². The van der Waals surface area contributed by atoms with Crippen LogP contribution >= 0.6 is 13.5 Å². The van der Waals surface area contributed by atoms with Crippen LogP contribution in [-0.4, -0.2) is 23.6 Å². The number of hydrogen-bond acceptors (Lipinski definition) is 3. The Balaban J connectivity index is 0.00000361. The topological polar surface area (TPSA) is 81.4 Å². The number of ether oxygens (including phenoxy) is 1. The van der Waals surface area contributed by atoms with Crippen molar-refractivity contribution in [3.63, 3.8) is 0 Å². The first-order chi connectivity index (χ1) is 8.78. The number of hydrogen-bond donors (Lipinski definition) is 2. The summed E-state index contributed by atoms with van der Waals surface area (Å²) >= 11 is 0. The molecule has 112 valence electrons. The van der Waals surface area contributed by atoms with Crippen molar-refractivity contribution in [3.05, 3.63) is 35.9 Å². The highest BCUT2D eigenvalue weighted by Crippen LogP contribution is 2.08. The number of benzene rings is 1. The van der Waals surface area contributed by atoms with Gasteiger partial charge in [-0.15, -0.1) is 0 Å². The van der Waals surface area contributed by atoms with Crippen LogP contribution in [0.5, 0.6) is 0 Å². The van der Waals surface area contributed by atoms with E-state index in [1.807, 2.05) is 30.3 Å². The van der Waals surface area contributed by atoms with E-state index < -0.39 is 23.6 Å². The Morgan fingerprint density at radius 3 is 2.25 bits per heavy atom. The lowest BCUT2D eigenvalue weighted by Crippen LogP contribution is -2.47. The third-order valence-electron chi connectivity index (χ3n) is 2.32. The SMILES string of the molecule is CC(C)(C)OC(=O)N[C@@H](Cc1ccccc1)C(N)=O.S. The Bertz CT molecular complexity index is 443. The molecule has 0 aliphatic rings. The number of alkyl carbamates (subject to hydrolysis) is 1. The van der Waals surface area contributed by atoms with E-state index in [2.05, 4.69) is 5.32 Å². The first-order valence-corrected chi connectivity index (χ1v) is 6.11. The standard InChI is InChI=1S/C14H20N2O3.H2S/c1-14(2,3)19-13(18)16-11(12(15)17)9-10-7-5-4-6-8-10;/h4-8,11H,9H2,1-3H3,(H2,15,17)(H,16,18);1H2/t11-;/m0./s1. The largest absolute Gasteiger partial charge is 0.444 e. The normalized spacial score (nSPS) is 11.9. The van der Waals surface area contributed by atoms with Gasteiger partial charge < -0.3 is 15.8 Å². The summed E-state index contributed by atoms with van der Waals surface area (Å²) in [6.45, 7) is 5.26. The van der Waals surface area contributed by atoms with Crippen molar-refractivity contribution in [2.75, 3.05) is 0 Å². The van der Waals surface area contributed by atoms with E-state index >= 15 is 0 Å². The van der Waals surface area contributed by atoms with Gasteiger partial charge in [-0.05, 0) is 26.3 Å². The molecule has 0 aliphatic heterocycles. The number of nitrogens with one attached hydrogen (secondary N) is 1. The summed E-state index contributed by atoms with van der Waals surface area (Å²) in [6, 6.07) is 8.56. The quantitative estimate of drug-likeness (QED) is 0.888. The zero-order valence-electron chi connectivity index (χ0n) is 12.0. The van der Waals surface area contributed by atoms with Crippen molar-refractivity contribution in [2.24, 2.45) is 5.73 Å². The van der Waals surface area contributed by atoms with Crippen molar-refractivity contribution in [1.82, 2.24) is 5.32 Å². The highest BCUT2D eigenvalue weighted by atomic mass is 32.1. The molecule has 2 amide bonds. The van der Waals surface area contributed by atoms with Gasteiger partial charge in [0.2, 0.25) is 5.91 Å². The second kappa shape index (κ2) is 7.79. The molecule has 0 radical (unpaired) electrons. The second-order valence-electron chi connectivity index (χ2n) is 5.29. The molecule has 0 saturated heterocycles. The van der Waals surface area contributed by atoms with Crippen LogP contribution in [0.15, 0.2) is 30.3 Å². The van der Waals surface area contributed by atoms with Gasteiger partial charge in [0, 0.05) is 6.42 Å². The van der Waals surface area contributed by atoms with Gasteiger partial charge in [0.05, 0.1) is 0 Å². The van der Waals surface area contributed by atoms with Crippen LogP contribution in [0.4, 0.5) is 4.79 Å². The third kappa shape index (κ3) is 7.04. The lowest BCUT2D eigenvalue weighted by atomic mass is 10.1. The number of primary amides is 1. The van der Waals surface area contributed by atoms with Crippen LogP contribution in [0, 0.1) is 0 Å². The molecule has 0 fully saturated rings. The molecule has 20 heavy (non-hydrogen) atoms. The fourth-order valence-electron chi connectivity index (χ4n) is 1.52. The second-order valence-corrected chi connectivity index (χ2v) is 5.29. The van der Waals surface area contributed by atoms with Gasteiger partial charge in [-0.2, -0.15) is 13.5 Å². The zero-order chi connectivity index (χ0) is 14.5. The van der Waals surface area contributed by atoms with Gasteiger partial charge in [0.25, 0.3) is 0 Å². The molecule has 5 nitrogen and oxygen atoms in total. The summed E-state index contributed by atoms with van der Waals surface area (Å²) in [7, 11) is 0. The predicted molar refractivity (Wildman–Crippen MR) is 82.9 cm³/mol. The Labute approximate surface area is 126 Å². The maximum atomic E-state index is 11.6. The monoisotopic (exact) mass is 298 g/mol. The first kappa shape index (κ1) is 18.3. The molecule has 0 spiro atoms. The van der Waals surface area contributed by atoms with Crippen molar-refractivity contribution in [1.29, 1.82) is 0 Å². The first-order valence-electron chi connectivity index (χ1n) is 6.11. The molecule has 1 aromatic carbocycles. The predicted octanol–water partition coefficient (Wildman–Crippen LogP) is 1.72. The van der Waals surface area contributed by atoms with E-state index in [0.717, 1.165) is 5.56 Å². The minimum absolute atomic E-state index is 0. The molecular formula is C14H22N2O3S. The molecule has 0 aliphatic carbocycles. The van der Waals surface area contributed by atoms with E-state index in [1.165, 1.54) is 0 Å². The summed E-state index contributed by atoms with van der Waals surface area (Å²) < 4.78 is 5.10. The number of rotatable bonds is 4. The maximum Gasteiger partial charge on any atom is 0.408 e. The Kier molecular flexibility index (Phi) is 7.13. The molecule has 1 aromatic rings. The van der Waals surface area contributed by atoms with Crippen molar-refractivity contribution < 1.29 is 14.3 Å². The fourth-order valence-corrected chi connectivity index (χ4v) is 1.52. The van der Waals surface area contributed by atoms with Gasteiger partial charge >= 0.3 is 6.09 Å². The molecular weight excluding hydrogens is 276 g/mol. The lowest BCUT2D eigenvalue weighted by Gasteiger charge is -2.22. The van der Waals surface area contributed by atoms with E-state index in [0.29, 0.717) is 6.42 Å². The fraction of sp³-hybridized carbons (Fsp3) is 0.429. The molecule has 6 heteroatoms. The van der Waals surface area contributed by atoms with Crippen molar-refractivity contribution >= 4 is 25.5 Å². The average Bonchev–Trinajstić information content (AvgIpc) is 2.26. The lowest BCUT2D eigenvalue weighted by molar-refractivity contribution is -0.120. The van der Waals surface area contributed by atoms with Gasteiger partial charge in [-0.3, -0.25) is 4.79 Å². The average molecular weight is 298 g/mol. The molecule has 0 bridgehead atoms. The van der Waals surface area contributed by atoms with Crippen LogP contribution in [0.2, 0.25) is 0 Å². The maximum absolute atomic E-state index is 11.6. The highest BCUT2D eigenvalue weighted by Gasteiger charge is 2.22. The summed E-state index contributed by atoms with van der Waals surface area (Å²) in [5.41, 5.74) is 5.59. The molecule has 0 saturated carbocycles. The van der Waals surface area contributed by atoms with Gasteiger partial charge in [-0.25, -0.2) is 4.79 Å². The number of carbonyl (C=O) groups is 2. The molecule has 0 unspecified atom stereocenters. The van der Waals surface area contributed by atoms with E-state index in [4.69, 9.17) is 10.5 Å². The van der Waals surface area contributed by atoms with Crippen LogP contribution in [0.25, 0.3) is 0 Å². The molecule has 1 atom stereocenters. The smallest absolute Gasteiger partial charge is 0.408 e. The molecule has 3 N–H and O–H groups in total. The Hall–Kier alpha value is -1.69. The molecule has 0 heterocycles. The van der Waals surface area contributed by atoms with Gasteiger partial charge in [0.15, 0.2) is 0 Å². The minimum Gasteiger partial charge on any atom is -0.444 e. The minimum atomic E-state index is -0.780. The summed E-state index contributed by atoms with van der Waals surface area (Å²) in [5.74, 6) is -0.588. The zero-order valence-corrected chi connectivity index (χ0v) is 13.0. The van der Waals surface area contributed by atoms with Crippen LogP contribution in [-0.2, 0) is 16.0 Å². The van der Waals surface area contributed by atoms with E-state index in [-0.39, 0.29) is 13.5 Å². The van der Waals surface area contributed by atoms with Crippen molar-refractivity contribution in [2.45, 2.75) is 38.8 Å². The Morgan fingerprint density at radius 2 is 1.80 bits per heavy atom.